The lowest BCUT2D eigenvalue weighted by molar-refractivity contribution is -0.144. The number of allylic oxidation sites excluding steroid dienone is 3. The summed E-state index contributed by atoms with van der Waals surface area (Å²) in [5, 5.41) is 0. The number of ether oxygens (including phenoxy) is 1. The number of carbonyl (C=O) groups excluding carboxylic acids is 1. The van der Waals surface area contributed by atoms with Crippen LogP contribution in [0.2, 0.25) is 0 Å². The van der Waals surface area contributed by atoms with Gasteiger partial charge in [0, 0.05) is 0 Å². The molecule has 0 spiro atoms. The summed E-state index contributed by atoms with van der Waals surface area (Å²) in [7, 11) is 0. The predicted octanol–water partition coefficient (Wildman–Crippen LogP) is 4.27. The van der Waals surface area contributed by atoms with Crippen molar-refractivity contribution >= 4 is 5.97 Å². The molecule has 0 saturated heterocycles. The van der Waals surface area contributed by atoms with Gasteiger partial charge in [-0.05, 0) is 32.1 Å². The molecule has 0 aromatic carbocycles. The first-order chi connectivity index (χ1) is 7.81. The fourth-order valence-electron chi connectivity index (χ4n) is 1.28. The van der Waals surface area contributed by atoms with E-state index in [1.54, 1.807) is 0 Å². The highest BCUT2D eigenvalue weighted by Gasteiger charge is 2.16. The quantitative estimate of drug-likeness (QED) is 0.392. The van der Waals surface area contributed by atoms with Crippen molar-refractivity contribution in [3.8, 4) is 0 Å². The summed E-state index contributed by atoms with van der Waals surface area (Å²) in [6, 6.07) is 0. The van der Waals surface area contributed by atoms with Gasteiger partial charge in [0.1, 0.15) is 6.61 Å². The maximum atomic E-state index is 11.4. The summed E-state index contributed by atoms with van der Waals surface area (Å²) in [5.74, 6) is -0.119. The normalized spacial score (nSPS) is 11.6. The van der Waals surface area contributed by atoms with Gasteiger partial charge in [0.05, 0.1) is 6.42 Å². The van der Waals surface area contributed by atoms with Crippen molar-refractivity contribution in [1.82, 2.24) is 0 Å². The number of unbranched alkanes of at least 4 members (excludes halogenated alkanes) is 1. The van der Waals surface area contributed by atoms with Crippen molar-refractivity contribution in [2.45, 2.75) is 53.9 Å². The van der Waals surface area contributed by atoms with Crippen molar-refractivity contribution < 1.29 is 9.53 Å². The van der Waals surface area contributed by atoms with E-state index >= 15 is 0 Å². The Morgan fingerprint density at radius 3 is 2.29 bits per heavy atom. The van der Waals surface area contributed by atoms with Gasteiger partial charge in [0.15, 0.2) is 0 Å². The SMILES string of the molecule is CC(C)=CCCC=CCOC(=O)CC(C)(C)C. The first kappa shape index (κ1) is 16.0. The average Bonchev–Trinajstić information content (AvgIpc) is 2.12. The smallest absolute Gasteiger partial charge is 0.306 e. The van der Waals surface area contributed by atoms with E-state index in [4.69, 9.17) is 4.74 Å². The van der Waals surface area contributed by atoms with E-state index in [1.807, 2.05) is 26.8 Å². The third-order valence-corrected chi connectivity index (χ3v) is 2.07. The van der Waals surface area contributed by atoms with Crippen molar-refractivity contribution in [3.05, 3.63) is 23.8 Å². The molecule has 0 aromatic rings. The maximum absolute atomic E-state index is 11.4. The van der Waals surface area contributed by atoms with Gasteiger partial charge in [-0.3, -0.25) is 4.79 Å². The Balaban J connectivity index is 3.60. The third-order valence-electron chi connectivity index (χ3n) is 2.07. The minimum Gasteiger partial charge on any atom is -0.461 e. The second-order valence-corrected chi connectivity index (χ2v) is 5.75. The topological polar surface area (TPSA) is 26.3 Å². The van der Waals surface area contributed by atoms with Gasteiger partial charge in [0.2, 0.25) is 0 Å². The number of hydrogen-bond acceptors (Lipinski definition) is 2. The molecule has 0 aliphatic rings. The molecule has 17 heavy (non-hydrogen) atoms. The molecule has 0 aliphatic heterocycles. The van der Waals surface area contributed by atoms with E-state index in [9.17, 15) is 4.79 Å². The number of esters is 1. The second kappa shape index (κ2) is 8.10. The third kappa shape index (κ3) is 12.9. The van der Waals surface area contributed by atoms with E-state index in [2.05, 4.69) is 26.0 Å². The monoisotopic (exact) mass is 238 g/mol. The van der Waals surface area contributed by atoms with Gasteiger partial charge in [-0.1, -0.05) is 44.6 Å². The van der Waals surface area contributed by atoms with Crippen LogP contribution < -0.4 is 0 Å². The summed E-state index contributed by atoms with van der Waals surface area (Å²) < 4.78 is 5.10. The molecular formula is C15H26O2. The lowest BCUT2D eigenvalue weighted by atomic mass is 9.93. The average molecular weight is 238 g/mol. The predicted molar refractivity (Wildman–Crippen MR) is 72.8 cm³/mol. The maximum Gasteiger partial charge on any atom is 0.306 e. The van der Waals surface area contributed by atoms with Crippen LogP contribution in [0.3, 0.4) is 0 Å². The van der Waals surface area contributed by atoms with Crippen LogP contribution in [0, 0.1) is 5.41 Å². The van der Waals surface area contributed by atoms with Gasteiger partial charge in [-0.25, -0.2) is 0 Å². The second-order valence-electron chi connectivity index (χ2n) is 5.75. The summed E-state index contributed by atoms with van der Waals surface area (Å²) in [6.07, 6.45) is 8.70. The lowest BCUT2D eigenvalue weighted by Crippen LogP contribution is -2.15. The Morgan fingerprint density at radius 1 is 1.12 bits per heavy atom. The number of hydrogen-bond donors (Lipinski definition) is 0. The molecule has 2 heteroatoms. The first-order valence-corrected chi connectivity index (χ1v) is 6.25. The van der Waals surface area contributed by atoms with Gasteiger partial charge < -0.3 is 4.74 Å². The zero-order valence-electron chi connectivity index (χ0n) is 11.9. The fraction of sp³-hybridized carbons (Fsp3) is 0.667. The lowest BCUT2D eigenvalue weighted by Gasteiger charge is -2.15. The molecule has 0 aromatic heterocycles. The van der Waals surface area contributed by atoms with E-state index in [1.165, 1.54) is 5.57 Å². The van der Waals surface area contributed by atoms with Crippen LogP contribution in [0.1, 0.15) is 53.9 Å². The Labute approximate surface area is 106 Å². The van der Waals surface area contributed by atoms with Crippen LogP contribution in [0.5, 0.6) is 0 Å². The molecular weight excluding hydrogens is 212 g/mol. The molecule has 2 nitrogen and oxygen atoms in total. The van der Waals surface area contributed by atoms with Crippen molar-refractivity contribution in [2.24, 2.45) is 5.41 Å². The van der Waals surface area contributed by atoms with E-state index in [0.717, 1.165) is 12.8 Å². The van der Waals surface area contributed by atoms with E-state index in [0.29, 0.717) is 13.0 Å². The Kier molecular flexibility index (Phi) is 7.60. The summed E-state index contributed by atoms with van der Waals surface area (Å²) in [5.41, 5.74) is 1.35. The molecule has 98 valence electrons. The highest BCUT2D eigenvalue weighted by molar-refractivity contribution is 5.70. The molecule has 0 rings (SSSR count). The van der Waals surface area contributed by atoms with Crippen LogP contribution in [0.25, 0.3) is 0 Å². The molecule has 0 unspecified atom stereocenters. The molecule has 0 saturated carbocycles. The molecule has 0 radical (unpaired) electrons. The van der Waals surface area contributed by atoms with Gasteiger partial charge in [-0.2, -0.15) is 0 Å². The summed E-state index contributed by atoms with van der Waals surface area (Å²) >= 11 is 0. The van der Waals surface area contributed by atoms with Crippen molar-refractivity contribution in [2.75, 3.05) is 6.61 Å². The zero-order valence-corrected chi connectivity index (χ0v) is 11.9. The molecule has 0 aliphatic carbocycles. The van der Waals surface area contributed by atoms with Crippen LogP contribution in [-0.2, 0) is 9.53 Å². The Bertz CT molecular complexity index is 276. The van der Waals surface area contributed by atoms with Gasteiger partial charge in [-0.15, -0.1) is 0 Å². The van der Waals surface area contributed by atoms with E-state index < -0.39 is 0 Å². The number of rotatable bonds is 6. The standard InChI is InChI=1S/C15H26O2/c1-13(2)10-8-6-7-9-11-17-14(16)12-15(3,4)5/h7,9-10H,6,8,11-12H2,1-5H3. The minimum atomic E-state index is -0.119. The highest BCUT2D eigenvalue weighted by Crippen LogP contribution is 2.18. The molecule has 0 fully saturated rings. The van der Waals surface area contributed by atoms with Crippen molar-refractivity contribution in [1.29, 1.82) is 0 Å². The van der Waals surface area contributed by atoms with Gasteiger partial charge >= 0.3 is 5.97 Å². The molecule has 0 N–H and O–H groups in total. The highest BCUT2D eigenvalue weighted by atomic mass is 16.5. The van der Waals surface area contributed by atoms with E-state index in [-0.39, 0.29) is 11.4 Å². The summed E-state index contributed by atoms with van der Waals surface area (Å²) in [6.45, 7) is 10.7. The largest absolute Gasteiger partial charge is 0.461 e. The minimum absolute atomic E-state index is 0.00421. The molecule has 0 bridgehead atoms. The molecule has 0 amide bonds. The van der Waals surface area contributed by atoms with Crippen LogP contribution in [0.4, 0.5) is 0 Å². The van der Waals surface area contributed by atoms with Crippen LogP contribution in [-0.4, -0.2) is 12.6 Å². The summed E-state index contributed by atoms with van der Waals surface area (Å²) in [4.78, 5) is 11.4. The van der Waals surface area contributed by atoms with Crippen LogP contribution >= 0.6 is 0 Å². The first-order valence-electron chi connectivity index (χ1n) is 6.25. The molecule has 0 heterocycles. The zero-order chi connectivity index (χ0) is 13.3. The van der Waals surface area contributed by atoms with Crippen LogP contribution in [0.15, 0.2) is 23.8 Å². The Morgan fingerprint density at radius 2 is 1.76 bits per heavy atom. The fourth-order valence-corrected chi connectivity index (χ4v) is 1.28. The van der Waals surface area contributed by atoms with Gasteiger partial charge in [0.25, 0.3) is 0 Å². The Hall–Kier alpha value is -1.05. The number of carbonyl (C=O) groups is 1. The molecule has 0 atom stereocenters. The van der Waals surface area contributed by atoms with Crippen molar-refractivity contribution in [3.63, 3.8) is 0 Å².